The largest absolute Gasteiger partial charge is 0.573 e. The third-order valence-corrected chi connectivity index (χ3v) is 5.81. The fourth-order valence-corrected chi connectivity index (χ4v) is 4.14. The standard InChI is InChI=1S/C14H18F2N3O8P/c1-7(11(20)21)3-5-24-28(23)25-6-8-10(27-28)14(15,16)12(26-8)19-4-2-9(17)18-13(19)22/h2,4,7-8,10,12,23H,3,5-6H2,1H3,(H2-,17,18,20,21,22)/p+1/t7?,8-,10-,12-,28?/m1/s1. The van der Waals surface area contributed by atoms with Crippen LogP contribution in [0.4, 0.5) is 14.6 Å². The zero-order chi connectivity index (χ0) is 20.7. The van der Waals surface area contributed by atoms with E-state index < -0.39 is 56.7 Å². The van der Waals surface area contributed by atoms with Crippen LogP contribution in [0, 0.1) is 5.92 Å². The maximum atomic E-state index is 14.9. The van der Waals surface area contributed by atoms with Crippen molar-refractivity contribution < 1.29 is 41.9 Å². The lowest BCUT2D eigenvalue weighted by Gasteiger charge is -2.28. The molecule has 1 aromatic heterocycles. The first kappa shape index (κ1) is 21.0. The smallest absolute Gasteiger partial charge is 0.481 e. The number of carboxylic acid groups (broad SMARTS) is 1. The monoisotopic (exact) mass is 426 g/mol. The lowest BCUT2D eigenvalue weighted by atomic mass is 10.1. The van der Waals surface area contributed by atoms with Crippen LogP contribution in [0.5, 0.6) is 0 Å². The molecule has 0 saturated carbocycles. The second-order valence-electron chi connectivity index (χ2n) is 6.40. The molecular weight excluding hydrogens is 407 g/mol. The van der Waals surface area contributed by atoms with E-state index in [0.29, 0.717) is 4.57 Å². The first-order valence-corrected chi connectivity index (χ1v) is 9.73. The maximum Gasteiger partial charge on any atom is 0.573 e. The van der Waals surface area contributed by atoms with Gasteiger partial charge in [0, 0.05) is 6.20 Å². The van der Waals surface area contributed by atoms with Gasteiger partial charge in [-0.25, -0.2) is 4.79 Å². The zero-order valence-corrected chi connectivity index (χ0v) is 15.5. The van der Waals surface area contributed by atoms with Crippen molar-refractivity contribution in [2.24, 2.45) is 5.92 Å². The lowest BCUT2D eigenvalue weighted by Crippen LogP contribution is -2.46. The number of rotatable bonds is 6. The van der Waals surface area contributed by atoms with Crippen LogP contribution < -0.4 is 11.4 Å². The van der Waals surface area contributed by atoms with Gasteiger partial charge in [-0.1, -0.05) is 6.92 Å². The summed E-state index contributed by atoms with van der Waals surface area (Å²) in [5.74, 6) is -5.69. The molecule has 3 heterocycles. The van der Waals surface area contributed by atoms with E-state index in [9.17, 15) is 23.3 Å². The van der Waals surface area contributed by atoms with Crippen LogP contribution in [0.1, 0.15) is 19.6 Å². The molecule has 2 saturated heterocycles. The number of hydrogen-bond acceptors (Lipinski definition) is 9. The summed E-state index contributed by atoms with van der Waals surface area (Å²) in [7, 11) is -4.11. The van der Waals surface area contributed by atoms with Crippen molar-refractivity contribution in [3.05, 3.63) is 22.7 Å². The minimum Gasteiger partial charge on any atom is -0.481 e. The molecule has 5 atom stereocenters. The normalized spacial score (nSPS) is 32.6. The first-order chi connectivity index (χ1) is 13.0. The third kappa shape index (κ3) is 4.00. The molecule has 156 valence electrons. The number of hydrogen-bond donors (Lipinski definition) is 3. The molecule has 4 N–H and O–H groups in total. The molecular formula is C14H19F2N3O8P+. The van der Waals surface area contributed by atoms with E-state index in [4.69, 9.17) is 29.1 Å². The van der Waals surface area contributed by atoms with Crippen LogP contribution in [0.3, 0.4) is 0 Å². The topological polar surface area (TPSA) is 155 Å². The minimum absolute atomic E-state index is 0.0144. The van der Waals surface area contributed by atoms with Gasteiger partial charge >= 0.3 is 25.8 Å². The van der Waals surface area contributed by atoms with Crippen molar-refractivity contribution >= 4 is 20.0 Å². The van der Waals surface area contributed by atoms with Crippen LogP contribution in [0.15, 0.2) is 17.1 Å². The van der Waals surface area contributed by atoms with Gasteiger partial charge < -0.3 is 15.6 Å². The van der Waals surface area contributed by atoms with Gasteiger partial charge in [0.15, 0.2) is 0 Å². The molecule has 2 aliphatic heterocycles. The van der Waals surface area contributed by atoms with E-state index in [1.165, 1.54) is 6.92 Å². The summed E-state index contributed by atoms with van der Waals surface area (Å²) in [6.07, 6.45) is -4.21. The molecule has 0 radical (unpaired) electrons. The van der Waals surface area contributed by atoms with Crippen LogP contribution in [-0.2, 0) is 23.1 Å². The number of nitrogen functional groups attached to an aromatic ring is 1. The number of alkyl halides is 2. The van der Waals surface area contributed by atoms with Gasteiger partial charge in [0.1, 0.15) is 25.1 Å². The number of nitrogens with zero attached hydrogens (tertiary/aromatic N) is 2. The van der Waals surface area contributed by atoms with Crippen LogP contribution in [0.25, 0.3) is 0 Å². The highest BCUT2D eigenvalue weighted by molar-refractivity contribution is 7.55. The molecule has 0 aliphatic carbocycles. The predicted molar refractivity (Wildman–Crippen MR) is 89.1 cm³/mol. The molecule has 14 heteroatoms. The number of ether oxygens (including phenoxy) is 1. The minimum atomic E-state index is -4.11. The van der Waals surface area contributed by atoms with Crippen LogP contribution >= 0.6 is 8.17 Å². The quantitative estimate of drug-likeness (QED) is 0.550. The van der Waals surface area contributed by atoms with Gasteiger partial charge in [-0.15, -0.1) is 4.52 Å². The second kappa shape index (κ2) is 7.58. The highest BCUT2D eigenvalue weighted by Crippen LogP contribution is 2.65. The molecule has 0 bridgehead atoms. The zero-order valence-electron chi connectivity index (χ0n) is 14.6. The Labute approximate surface area is 157 Å². The van der Waals surface area contributed by atoms with Gasteiger partial charge in [-0.3, -0.25) is 9.36 Å². The van der Waals surface area contributed by atoms with Crippen molar-refractivity contribution in [3.63, 3.8) is 0 Å². The number of aliphatic carboxylic acids is 1. The summed E-state index contributed by atoms with van der Waals surface area (Å²) < 4.78 is 50.6. The van der Waals surface area contributed by atoms with Crippen molar-refractivity contribution in [3.8, 4) is 0 Å². The van der Waals surface area contributed by atoms with Crippen LogP contribution in [-0.4, -0.2) is 56.9 Å². The maximum absolute atomic E-state index is 14.9. The third-order valence-electron chi connectivity index (χ3n) is 4.33. The number of carboxylic acids is 1. The molecule has 1 aromatic rings. The molecule has 11 nitrogen and oxygen atoms in total. The van der Waals surface area contributed by atoms with Gasteiger partial charge in [0.25, 0.3) is 0 Å². The predicted octanol–water partition coefficient (Wildman–Crippen LogP) is 0.571. The summed E-state index contributed by atoms with van der Waals surface area (Å²) >= 11 is 0. The van der Waals surface area contributed by atoms with Crippen molar-refractivity contribution in [2.75, 3.05) is 18.9 Å². The van der Waals surface area contributed by atoms with E-state index in [-0.39, 0.29) is 18.8 Å². The van der Waals surface area contributed by atoms with Crippen LogP contribution in [0.2, 0.25) is 0 Å². The Morgan fingerprint density at radius 2 is 2.32 bits per heavy atom. The van der Waals surface area contributed by atoms with Crippen molar-refractivity contribution in [1.29, 1.82) is 0 Å². The number of nitrogens with two attached hydrogens (primary N) is 1. The number of anilines is 1. The van der Waals surface area contributed by atoms with Gasteiger partial charge in [-0.2, -0.15) is 27.7 Å². The molecule has 0 amide bonds. The Balaban J connectivity index is 1.72. The summed E-state index contributed by atoms with van der Waals surface area (Å²) in [6.45, 7) is 0.688. The van der Waals surface area contributed by atoms with Gasteiger partial charge in [0.05, 0.1) is 5.92 Å². The molecule has 2 fully saturated rings. The lowest BCUT2D eigenvalue weighted by molar-refractivity contribution is -0.143. The molecule has 0 spiro atoms. The average Bonchev–Trinajstić information content (AvgIpc) is 2.85. The molecule has 0 aromatic carbocycles. The molecule has 28 heavy (non-hydrogen) atoms. The highest BCUT2D eigenvalue weighted by atomic mass is 31.2. The number of aromatic nitrogens is 2. The Morgan fingerprint density at radius 1 is 1.61 bits per heavy atom. The average molecular weight is 426 g/mol. The summed E-state index contributed by atoms with van der Waals surface area (Å²) in [6, 6.07) is 1.16. The summed E-state index contributed by atoms with van der Waals surface area (Å²) in [4.78, 5) is 36.3. The van der Waals surface area contributed by atoms with Crippen molar-refractivity contribution in [2.45, 2.75) is 37.7 Å². The van der Waals surface area contributed by atoms with E-state index in [1.54, 1.807) is 0 Å². The number of carbonyl (C=O) groups is 1. The molecule has 3 rings (SSSR count). The van der Waals surface area contributed by atoms with E-state index >= 15 is 0 Å². The Kier molecular flexibility index (Phi) is 5.67. The van der Waals surface area contributed by atoms with E-state index in [2.05, 4.69) is 4.98 Å². The van der Waals surface area contributed by atoms with Gasteiger partial charge in [-0.05, 0) is 12.5 Å². The highest BCUT2D eigenvalue weighted by Gasteiger charge is 2.70. The first-order valence-electron chi connectivity index (χ1n) is 8.23. The van der Waals surface area contributed by atoms with Crippen molar-refractivity contribution in [1.82, 2.24) is 9.55 Å². The number of fused-ring (bicyclic) bond motifs is 1. The van der Waals surface area contributed by atoms with E-state index in [1.807, 2.05) is 0 Å². The fourth-order valence-electron chi connectivity index (χ4n) is 2.71. The Bertz CT molecular complexity index is 811. The molecule has 2 aliphatic rings. The Hall–Kier alpha value is -1.76. The molecule has 2 unspecified atom stereocenters. The second-order valence-corrected chi connectivity index (χ2v) is 8.06. The summed E-state index contributed by atoms with van der Waals surface area (Å²) in [5, 5.41) is 8.82. The number of halogens is 2. The fraction of sp³-hybridized carbons (Fsp3) is 0.643. The SMILES string of the molecule is CC(CCO[P+]1(O)OC[C@H]2O[C@@H](n3ccc(N)nc3=O)C(F)(F)[C@@H]2O1)C(=O)O. The Morgan fingerprint density at radius 3 is 2.96 bits per heavy atom. The van der Waals surface area contributed by atoms with Gasteiger partial charge in [0.2, 0.25) is 12.3 Å². The van der Waals surface area contributed by atoms with E-state index in [0.717, 1.165) is 12.3 Å². The summed E-state index contributed by atoms with van der Waals surface area (Å²) in [5.41, 5.74) is 4.32.